The largest absolute Gasteiger partial charge is 0.497 e. The molecule has 6 heteroatoms. The molecular formula is C16H22N2O4. The van der Waals surface area contributed by atoms with E-state index in [-0.39, 0.29) is 24.6 Å². The average Bonchev–Trinajstić information content (AvgIpc) is 2.48. The van der Waals surface area contributed by atoms with Gasteiger partial charge >= 0.3 is 5.97 Å². The summed E-state index contributed by atoms with van der Waals surface area (Å²) < 4.78 is 10.4. The molecule has 6 nitrogen and oxygen atoms in total. The number of fused-ring (bicyclic) bond motifs is 1. The molecule has 1 N–H and O–H groups in total. The normalized spacial score (nSPS) is 17.0. The van der Waals surface area contributed by atoms with Crippen molar-refractivity contribution in [2.45, 2.75) is 39.3 Å². The molecule has 22 heavy (non-hydrogen) atoms. The number of benzene rings is 1. The lowest BCUT2D eigenvalue weighted by Crippen LogP contribution is -2.49. The van der Waals surface area contributed by atoms with E-state index < -0.39 is 5.97 Å². The number of esters is 1. The maximum Gasteiger partial charge on any atom is 0.326 e. The van der Waals surface area contributed by atoms with Crippen LogP contribution in [-0.4, -0.2) is 37.7 Å². The summed E-state index contributed by atoms with van der Waals surface area (Å²) in [6.07, 6.45) is 0.424. The molecular weight excluding hydrogens is 284 g/mol. The highest BCUT2D eigenvalue weighted by Gasteiger charge is 2.33. The molecule has 0 bridgehead atoms. The van der Waals surface area contributed by atoms with Crippen LogP contribution in [0.15, 0.2) is 18.2 Å². The van der Waals surface area contributed by atoms with Crippen molar-refractivity contribution >= 4 is 23.3 Å². The summed E-state index contributed by atoms with van der Waals surface area (Å²) in [4.78, 5) is 25.9. The second-order valence-electron chi connectivity index (χ2n) is 5.45. The van der Waals surface area contributed by atoms with Gasteiger partial charge in [-0.1, -0.05) is 6.92 Å². The maximum atomic E-state index is 12.5. The minimum Gasteiger partial charge on any atom is -0.497 e. The Labute approximate surface area is 130 Å². The number of anilines is 2. The molecule has 1 aromatic rings. The summed E-state index contributed by atoms with van der Waals surface area (Å²) in [6, 6.07) is 5.01. The molecule has 0 spiro atoms. The van der Waals surface area contributed by atoms with Gasteiger partial charge in [-0.25, -0.2) is 0 Å². The van der Waals surface area contributed by atoms with E-state index in [9.17, 15) is 9.59 Å². The first-order valence-electron chi connectivity index (χ1n) is 7.41. The van der Waals surface area contributed by atoms with Gasteiger partial charge in [-0.2, -0.15) is 0 Å². The minimum absolute atomic E-state index is 0.0888. The molecule has 0 aromatic heterocycles. The van der Waals surface area contributed by atoms with E-state index in [0.717, 1.165) is 5.69 Å². The topological polar surface area (TPSA) is 67.9 Å². The van der Waals surface area contributed by atoms with E-state index in [1.54, 1.807) is 33.1 Å². The monoisotopic (exact) mass is 306 g/mol. The van der Waals surface area contributed by atoms with Crippen molar-refractivity contribution in [3.05, 3.63) is 18.2 Å². The van der Waals surface area contributed by atoms with Crippen molar-refractivity contribution in [3.63, 3.8) is 0 Å². The number of nitrogens with one attached hydrogen (secondary N) is 1. The van der Waals surface area contributed by atoms with Crippen LogP contribution in [0.4, 0.5) is 11.4 Å². The Morgan fingerprint density at radius 3 is 2.73 bits per heavy atom. The molecule has 1 amide bonds. The molecule has 0 radical (unpaired) electrons. The van der Waals surface area contributed by atoms with Gasteiger partial charge in [-0.05, 0) is 32.4 Å². The highest BCUT2D eigenvalue weighted by Crippen LogP contribution is 2.35. The fraction of sp³-hybridized carbons (Fsp3) is 0.500. The lowest BCUT2D eigenvalue weighted by molar-refractivity contribution is -0.146. The quantitative estimate of drug-likeness (QED) is 0.845. The zero-order valence-electron chi connectivity index (χ0n) is 13.4. The number of amides is 1. The number of hydrogen-bond donors (Lipinski definition) is 1. The Kier molecular flexibility index (Phi) is 4.90. The van der Waals surface area contributed by atoms with E-state index in [4.69, 9.17) is 9.47 Å². The molecule has 120 valence electrons. The standard InChI is InChI=1S/C16H22N2O4/c1-5-12-16(20)18(9-15(19)22-10(2)3)14-7-6-11(21-4)8-13(14)17-12/h6-8,10,12,17H,5,9H2,1-4H3. The van der Waals surface area contributed by atoms with Crippen LogP contribution < -0.4 is 15.0 Å². The van der Waals surface area contributed by atoms with Crippen LogP contribution in [0.25, 0.3) is 0 Å². The molecule has 1 unspecified atom stereocenters. The van der Waals surface area contributed by atoms with Crippen molar-refractivity contribution in [2.75, 3.05) is 23.9 Å². The molecule has 0 fully saturated rings. The van der Waals surface area contributed by atoms with Crippen LogP contribution in [0.3, 0.4) is 0 Å². The summed E-state index contributed by atoms with van der Waals surface area (Å²) in [5, 5.41) is 3.19. The van der Waals surface area contributed by atoms with Gasteiger partial charge < -0.3 is 14.8 Å². The second kappa shape index (κ2) is 6.68. The predicted octanol–water partition coefficient (Wildman–Crippen LogP) is 2.18. The van der Waals surface area contributed by atoms with Crippen LogP contribution in [0.2, 0.25) is 0 Å². The van der Waals surface area contributed by atoms with E-state index in [0.29, 0.717) is 17.9 Å². The van der Waals surface area contributed by atoms with Crippen LogP contribution in [0.1, 0.15) is 27.2 Å². The first-order chi connectivity index (χ1) is 10.5. The number of nitrogens with zero attached hydrogens (tertiary/aromatic N) is 1. The fourth-order valence-corrected chi connectivity index (χ4v) is 2.42. The number of rotatable bonds is 5. The third kappa shape index (κ3) is 3.32. The van der Waals surface area contributed by atoms with Crippen LogP contribution in [-0.2, 0) is 14.3 Å². The average molecular weight is 306 g/mol. The highest BCUT2D eigenvalue weighted by molar-refractivity contribution is 6.07. The zero-order chi connectivity index (χ0) is 16.3. The number of carbonyl (C=O) groups excluding carboxylic acids is 2. The van der Waals surface area contributed by atoms with Crippen LogP contribution in [0.5, 0.6) is 5.75 Å². The van der Waals surface area contributed by atoms with Gasteiger partial charge in [0.1, 0.15) is 18.3 Å². The van der Waals surface area contributed by atoms with E-state index in [1.165, 1.54) is 4.90 Å². The van der Waals surface area contributed by atoms with Crippen molar-refractivity contribution in [1.29, 1.82) is 0 Å². The molecule has 1 aromatic carbocycles. The van der Waals surface area contributed by atoms with Gasteiger partial charge in [-0.15, -0.1) is 0 Å². The Morgan fingerprint density at radius 1 is 1.41 bits per heavy atom. The fourth-order valence-electron chi connectivity index (χ4n) is 2.42. The van der Waals surface area contributed by atoms with E-state index in [1.807, 2.05) is 13.0 Å². The van der Waals surface area contributed by atoms with Crippen molar-refractivity contribution in [3.8, 4) is 5.75 Å². The lowest BCUT2D eigenvalue weighted by Gasteiger charge is -2.34. The predicted molar refractivity (Wildman–Crippen MR) is 84.3 cm³/mol. The molecule has 0 saturated carbocycles. The third-order valence-corrected chi connectivity index (χ3v) is 3.45. The number of methoxy groups -OCH3 is 1. The summed E-state index contributed by atoms with van der Waals surface area (Å²) in [5.41, 5.74) is 1.44. The maximum absolute atomic E-state index is 12.5. The second-order valence-corrected chi connectivity index (χ2v) is 5.45. The first kappa shape index (κ1) is 16.1. The molecule has 0 aliphatic carbocycles. The zero-order valence-corrected chi connectivity index (χ0v) is 13.4. The molecule has 1 aliphatic heterocycles. The molecule has 2 rings (SSSR count). The SMILES string of the molecule is CCC1Nc2cc(OC)ccc2N(CC(=O)OC(C)C)C1=O. The van der Waals surface area contributed by atoms with E-state index in [2.05, 4.69) is 5.32 Å². The van der Waals surface area contributed by atoms with Crippen molar-refractivity contribution in [1.82, 2.24) is 0 Å². The van der Waals surface area contributed by atoms with Gasteiger partial charge in [0.05, 0.1) is 24.6 Å². The number of ether oxygens (including phenoxy) is 2. The van der Waals surface area contributed by atoms with Crippen molar-refractivity contribution < 1.29 is 19.1 Å². The van der Waals surface area contributed by atoms with Gasteiger partial charge in [0, 0.05) is 6.07 Å². The highest BCUT2D eigenvalue weighted by atomic mass is 16.5. The Bertz CT molecular complexity index is 571. The van der Waals surface area contributed by atoms with Crippen molar-refractivity contribution in [2.24, 2.45) is 0 Å². The first-order valence-corrected chi connectivity index (χ1v) is 7.41. The lowest BCUT2D eigenvalue weighted by atomic mass is 10.1. The summed E-state index contributed by atoms with van der Waals surface area (Å²) in [6.45, 7) is 5.40. The summed E-state index contributed by atoms with van der Waals surface area (Å²) in [5.74, 6) is 0.155. The molecule has 1 aliphatic rings. The minimum atomic E-state index is -0.415. The van der Waals surface area contributed by atoms with Gasteiger partial charge in [0.25, 0.3) is 0 Å². The Morgan fingerprint density at radius 2 is 2.14 bits per heavy atom. The van der Waals surface area contributed by atoms with Gasteiger partial charge in [0.15, 0.2) is 0 Å². The third-order valence-electron chi connectivity index (χ3n) is 3.45. The molecule has 1 atom stereocenters. The Balaban J connectivity index is 2.31. The molecule has 0 saturated heterocycles. The summed E-state index contributed by atoms with van der Waals surface area (Å²) in [7, 11) is 1.59. The van der Waals surface area contributed by atoms with E-state index >= 15 is 0 Å². The van der Waals surface area contributed by atoms with Crippen LogP contribution in [0, 0.1) is 0 Å². The number of hydrogen-bond acceptors (Lipinski definition) is 5. The molecule has 1 heterocycles. The summed E-state index contributed by atoms with van der Waals surface area (Å²) >= 11 is 0. The number of carbonyl (C=O) groups is 2. The van der Waals surface area contributed by atoms with Gasteiger partial charge in [-0.3, -0.25) is 14.5 Å². The Hall–Kier alpha value is -2.24. The van der Waals surface area contributed by atoms with Crippen LogP contribution >= 0.6 is 0 Å². The smallest absolute Gasteiger partial charge is 0.326 e. The van der Waals surface area contributed by atoms with Gasteiger partial charge in [0.2, 0.25) is 5.91 Å².